The number of nitrogens with two attached hydrogens (primary N) is 1. The average Bonchev–Trinajstić information content (AvgIpc) is 2.74. The monoisotopic (exact) mass is 282 g/mol. The van der Waals surface area contributed by atoms with E-state index in [4.69, 9.17) is 10.5 Å². The standard InChI is InChI=1S/C17H18N2O2/c1-17(2)10-21-15-9-13(6-7-14(15)17)19-16(20)11-4-3-5-12(18)8-11/h3-9H,10,18H2,1-2H3,(H,19,20). The highest BCUT2D eigenvalue weighted by atomic mass is 16.5. The summed E-state index contributed by atoms with van der Waals surface area (Å²) in [4.78, 5) is 12.2. The maximum absolute atomic E-state index is 12.2. The molecule has 3 rings (SSSR count). The predicted molar refractivity (Wildman–Crippen MR) is 83.8 cm³/mol. The molecule has 0 unspecified atom stereocenters. The lowest BCUT2D eigenvalue weighted by atomic mass is 9.87. The summed E-state index contributed by atoms with van der Waals surface area (Å²) in [6.45, 7) is 4.95. The van der Waals surface area contributed by atoms with Gasteiger partial charge in [0.2, 0.25) is 0 Å². The van der Waals surface area contributed by atoms with Gasteiger partial charge in [0.1, 0.15) is 5.75 Å². The first-order valence-corrected chi connectivity index (χ1v) is 6.90. The van der Waals surface area contributed by atoms with E-state index in [1.807, 2.05) is 18.2 Å². The molecule has 0 aromatic heterocycles. The molecule has 1 aliphatic heterocycles. The van der Waals surface area contributed by atoms with Crippen LogP contribution in [0, 0.1) is 0 Å². The third-order valence-corrected chi connectivity index (χ3v) is 3.71. The van der Waals surface area contributed by atoms with Crippen LogP contribution >= 0.6 is 0 Å². The number of anilines is 2. The van der Waals surface area contributed by atoms with Gasteiger partial charge in [0.15, 0.2) is 0 Å². The number of hydrogen-bond donors (Lipinski definition) is 2. The van der Waals surface area contributed by atoms with Crippen LogP contribution in [0.15, 0.2) is 42.5 Å². The van der Waals surface area contributed by atoms with Crippen LogP contribution < -0.4 is 15.8 Å². The summed E-state index contributed by atoms with van der Waals surface area (Å²) in [5, 5.41) is 2.87. The number of nitrogens with one attached hydrogen (secondary N) is 1. The molecule has 0 fully saturated rings. The molecule has 2 aromatic rings. The quantitative estimate of drug-likeness (QED) is 0.831. The molecule has 3 N–H and O–H groups in total. The number of ether oxygens (including phenoxy) is 1. The van der Waals surface area contributed by atoms with Gasteiger partial charge in [-0.05, 0) is 24.3 Å². The fourth-order valence-electron chi connectivity index (χ4n) is 2.50. The van der Waals surface area contributed by atoms with Crippen molar-refractivity contribution in [2.75, 3.05) is 17.7 Å². The molecular formula is C17H18N2O2. The molecule has 1 aliphatic rings. The van der Waals surface area contributed by atoms with E-state index in [1.54, 1.807) is 24.3 Å². The van der Waals surface area contributed by atoms with E-state index in [0.29, 0.717) is 17.9 Å². The van der Waals surface area contributed by atoms with Crippen molar-refractivity contribution in [2.24, 2.45) is 0 Å². The van der Waals surface area contributed by atoms with Crippen LogP contribution in [-0.2, 0) is 5.41 Å². The number of nitrogen functional groups attached to an aromatic ring is 1. The van der Waals surface area contributed by atoms with Gasteiger partial charge in [-0.3, -0.25) is 4.79 Å². The number of carbonyl (C=O) groups excluding carboxylic acids is 1. The second kappa shape index (κ2) is 4.81. The lowest BCUT2D eigenvalue weighted by Gasteiger charge is -2.15. The summed E-state index contributed by atoms with van der Waals surface area (Å²) in [6.07, 6.45) is 0. The Kier molecular flexibility index (Phi) is 3.09. The van der Waals surface area contributed by atoms with E-state index in [9.17, 15) is 4.79 Å². The van der Waals surface area contributed by atoms with E-state index in [0.717, 1.165) is 11.4 Å². The second-order valence-electron chi connectivity index (χ2n) is 5.96. The number of hydrogen-bond acceptors (Lipinski definition) is 3. The van der Waals surface area contributed by atoms with Gasteiger partial charge in [0, 0.05) is 34.0 Å². The zero-order valence-electron chi connectivity index (χ0n) is 12.1. The predicted octanol–water partition coefficient (Wildman–Crippen LogP) is 3.19. The van der Waals surface area contributed by atoms with Gasteiger partial charge in [0.25, 0.3) is 5.91 Å². The summed E-state index contributed by atoms with van der Waals surface area (Å²) < 4.78 is 5.69. The lowest BCUT2D eigenvalue weighted by Crippen LogP contribution is -2.18. The van der Waals surface area contributed by atoms with E-state index < -0.39 is 0 Å². The van der Waals surface area contributed by atoms with Gasteiger partial charge in [-0.25, -0.2) is 0 Å². The van der Waals surface area contributed by atoms with Crippen molar-refractivity contribution in [3.05, 3.63) is 53.6 Å². The van der Waals surface area contributed by atoms with Crippen LogP contribution in [0.5, 0.6) is 5.75 Å². The Morgan fingerprint density at radius 2 is 2.05 bits per heavy atom. The van der Waals surface area contributed by atoms with Gasteiger partial charge in [0.05, 0.1) is 6.61 Å². The molecule has 0 bridgehead atoms. The third-order valence-electron chi connectivity index (χ3n) is 3.71. The number of amides is 1. The van der Waals surface area contributed by atoms with E-state index in [2.05, 4.69) is 19.2 Å². The van der Waals surface area contributed by atoms with Crippen molar-refractivity contribution in [3.63, 3.8) is 0 Å². The number of rotatable bonds is 2. The number of benzene rings is 2. The van der Waals surface area contributed by atoms with Gasteiger partial charge in [-0.2, -0.15) is 0 Å². The van der Waals surface area contributed by atoms with Gasteiger partial charge in [-0.15, -0.1) is 0 Å². The summed E-state index contributed by atoms with van der Waals surface area (Å²) in [5.74, 6) is 0.657. The number of carbonyl (C=O) groups is 1. The highest BCUT2D eigenvalue weighted by Crippen LogP contribution is 2.39. The van der Waals surface area contributed by atoms with Crippen molar-refractivity contribution < 1.29 is 9.53 Å². The van der Waals surface area contributed by atoms with Gasteiger partial charge >= 0.3 is 0 Å². The smallest absolute Gasteiger partial charge is 0.255 e. The van der Waals surface area contributed by atoms with Crippen molar-refractivity contribution >= 4 is 17.3 Å². The molecule has 21 heavy (non-hydrogen) atoms. The minimum atomic E-state index is -0.181. The van der Waals surface area contributed by atoms with Crippen LogP contribution in [0.1, 0.15) is 29.8 Å². The molecule has 0 radical (unpaired) electrons. The van der Waals surface area contributed by atoms with E-state index in [-0.39, 0.29) is 11.3 Å². The topological polar surface area (TPSA) is 64.3 Å². The molecule has 1 amide bonds. The Morgan fingerprint density at radius 1 is 1.24 bits per heavy atom. The molecule has 4 nitrogen and oxygen atoms in total. The SMILES string of the molecule is CC1(C)COc2cc(NC(=O)c3cccc(N)c3)ccc21. The van der Waals surface area contributed by atoms with Crippen molar-refractivity contribution in [2.45, 2.75) is 19.3 Å². The first-order valence-electron chi connectivity index (χ1n) is 6.90. The average molecular weight is 282 g/mol. The van der Waals surface area contributed by atoms with Gasteiger partial charge in [-0.1, -0.05) is 26.0 Å². The van der Waals surface area contributed by atoms with Gasteiger partial charge < -0.3 is 15.8 Å². The largest absolute Gasteiger partial charge is 0.492 e. The fraction of sp³-hybridized carbons (Fsp3) is 0.235. The Balaban J connectivity index is 1.82. The molecule has 0 atom stereocenters. The first kappa shape index (κ1) is 13.5. The molecule has 0 saturated carbocycles. The Hall–Kier alpha value is -2.49. The Labute approximate surface area is 123 Å². The zero-order valence-corrected chi connectivity index (χ0v) is 12.1. The first-order chi connectivity index (χ1) is 9.95. The maximum Gasteiger partial charge on any atom is 0.255 e. The van der Waals surface area contributed by atoms with Crippen molar-refractivity contribution in [1.82, 2.24) is 0 Å². The Bertz CT molecular complexity index is 708. The molecule has 108 valence electrons. The summed E-state index contributed by atoms with van der Waals surface area (Å²) >= 11 is 0. The van der Waals surface area contributed by atoms with E-state index in [1.165, 1.54) is 5.56 Å². The second-order valence-corrected chi connectivity index (χ2v) is 5.96. The normalized spacial score (nSPS) is 15.1. The zero-order chi connectivity index (χ0) is 15.0. The summed E-state index contributed by atoms with van der Waals surface area (Å²) in [5.41, 5.74) is 8.71. The van der Waals surface area contributed by atoms with Crippen molar-refractivity contribution in [1.29, 1.82) is 0 Å². The fourth-order valence-corrected chi connectivity index (χ4v) is 2.50. The van der Waals surface area contributed by atoms with Crippen LogP contribution in [0.2, 0.25) is 0 Å². The lowest BCUT2D eigenvalue weighted by molar-refractivity contribution is 0.102. The highest BCUT2D eigenvalue weighted by molar-refractivity contribution is 6.04. The van der Waals surface area contributed by atoms with Crippen LogP contribution in [0.3, 0.4) is 0 Å². The maximum atomic E-state index is 12.2. The summed E-state index contributed by atoms with van der Waals surface area (Å²) in [7, 11) is 0. The molecule has 0 saturated heterocycles. The molecule has 4 heteroatoms. The van der Waals surface area contributed by atoms with Crippen LogP contribution in [0.25, 0.3) is 0 Å². The van der Waals surface area contributed by atoms with Crippen LogP contribution in [-0.4, -0.2) is 12.5 Å². The van der Waals surface area contributed by atoms with Crippen LogP contribution in [0.4, 0.5) is 11.4 Å². The molecule has 0 aliphatic carbocycles. The summed E-state index contributed by atoms with van der Waals surface area (Å²) in [6, 6.07) is 12.7. The molecular weight excluding hydrogens is 264 g/mol. The molecule has 0 spiro atoms. The van der Waals surface area contributed by atoms with E-state index >= 15 is 0 Å². The third kappa shape index (κ3) is 2.57. The number of fused-ring (bicyclic) bond motifs is 1. The highest BCUT2D eigenvalue weighted by Gasteiger charge is 2.31. The minimum Gasteiger partial charge on any atom is -0.492 e. The van der Waals surface area contributed by atoms with Crippen molar-refractivity contribution in [3.8, 4) is 5.75 Å². The molecule has 2 aromatic carbocycles. The Morgan fingerprint density at radius 3 is 2.81 bits per heavy atom. The minimum absolute atomic E-state index is 0.0196. The molecule has 1 heterocycles.